The number of fused-ring (bicyclic) bond motifs is 1. The van der Waals surface area contributed by atoms with Crippen LogP contribution in [0, 0.1) is 6.92 Å². The Balaban J connectivity index is 1.61. The molecule has 2 aromatic heterocycles. The molecule has 0 unspecified atom stereocenters. The van der Waals surface area contributed by atoms with E-state index in [0.29, 0.717) is 46.2 Å². The average molecular weight is 507 g/mol. The van der Waals surface area contributed by atoms with Crippen LogP contribution >= 0.6 is 11.8 Å². The number of amides is 2. The molecule has 0 atom stereocenters. The number of hydrogen-bond acceptors (Lipinski definition) is 7. The van der Waals surface area contributed by atoms with Gasteiger partial charge in [-0.1, -0.05) is 29.5 Å². The SMILES string of the molecule is COCCNC(=O)c1ccc2c(=O)n(Cc3ccco3)c(SCC(=O)Nc3ccc(C)cc3)nc2c1. The highest BCUT2D eigenvalue weighted by Crippen LogP contribution is 2.21. The van der Waals surface area contributed by atoms with Crippen LogP contribution in [0.2, 0.25) is 0 Å². The summed E-state index contributed by atoms with van der Waals surface area (Å²) in [5.74, 6) is 0.107. The molecule has 0 saturated heterocycles. The molecule has 2 N–H and O–H groups in total. The molecule has 0 saturated carbocycles. The molecule has 0 spiro atoms. The highest BCUT2D eigenvalue weighted by atomic mass is 32.2. The molecule has 2 aromatic carbocycles. The van der Waals surface area contributed by atoms with Crippen LogP contribution in [0.15, 0.2) is 75.2 Å². The van der Waals surface area contributed by atoms with E-state index in [9.17, 15) is 14.4 Å². The third-order valence-electron chi connectivity index (χ3n) is 5.34. The van der Waals surface area contributed by atoms with Crippen LogP contribution in [-0.4, -0.2) is 47.4 Å². The predicted octanol–water partition coefficient (Wildman–Crippen LogP) is 3.45. The third-order valence-corrected chi connectivity index (χ3v) is 6.31. The van der Waals surface area contributed by atoms with Crippen LogP contribution in [0.4, 0.5) is 5.69 Å². The minimum atomic E-state index is -0.290. The van der Waals surface area contributed by atoms with Crippen LogP contribution in [-0.2, 0) is 16.1 Å². The van der Waals surface area contributed by atoms with Gasteiger partial charge in [-0.3, -0.25) is 19.0 Å². The van der Waals surface area contributed by atoms with Crippen molar-refractivity contribution in [3.05, 3.63) is 88.1 Å². The molecule has 9 nitrogen and oxygen atoms in total. The lowest BCUT2D eigenvalue weighted by atomic mass is 10.1. The fourth-order valence-electron chi connectivity index (χ4n) is 3.48. The Bertz CT molecular complexity index is 1420. The lowest BCUT2D eigenvalue weighted by Gasteiger charge is -2.13. The molecular weight excluding hydrogens is 480 g/mol. The van der Waals surface area contributed by atoms with Crippen molar-refractivity contribution < 1.29 is 18.7 Å². The average Bonchev–Trinajstić information content (AvgIpc) is 3.39. The fraction of sp³-hybridized carbons (Fsp3) is 0.231. The van der Waals surface area contributed by atoms with E-state index in [2.05, 4.69) is 15.6 Å². The number of ether oxygens (including phenoxy) is 1. The van der Waals surface area contributed by atoms with Crippen molar-refractivity contribution in [3.63, 3.8) is 0 Å². The molecule has 2 amide bonds. The van der Waals surface area contributed by atoms with Crippen molar-refractivity contribution in [3.8, 4) is 0 Å². The van der Waals surface area contributed by atoms with Crippen molar-refractivity contribution in [2.75, 3.05) is 31.3 Å². The van der Waals surface area contributed by atoms with Gasteiger partial charge in [0.2, 0.25) is 5.91 Å². The Kier molecular flexibility index (Phi) is 8.19. The number of rotatable bonds is 10. The Labute approximate surface area is 211 Å². The van der Waals surface area contributed by atoms with Gasteiger partial charge in [0.1, 0.15) is 5.76 Å². The van der Waals surface area contributed by atoms with Crippen molar-refractivity contribution in [2.24, 2.45) is 0 Å². The first-order valence-corrected chi connectivity index (χ1v) is 12.3. The number of methoxy groups -OCH3 is 1. The lowest BCUT2D eigenvalue weighted by Crippen LogP contribution is -2.27. The third kappa shape index (κ3) is 6.21. The zero-order valence-electron chi connectivity index (χ0n) is 19.9. The molecular formula is C26H26N4O5S. The number of nitrogens with zero attached hydrogens (tertiary/aromatic N) is 2. The summed E-state index contributed by atoms with van der Waals surface area (Å²) in [5.41, 5.74) is 2.24. The first-order valence-electron chi connectivity index (χ1n) is 11.3. The van der Waals surface area contributed by atoms with Crippen LogP contribution in [0.1, 0.15) is 21.7 Å². The van der Waals surface area contributed by atoms with Gasteiger partial charge in [-0.15, -0.1) is 0 Å². The number of thioether (sulfide) groups is 1. The van der Waals surface area contributed by atoms with Crippen LogP contribution in [0.3, 0.4) is 0 Å². The molecule has 0 aliphatic heterocycles. The molecule has 0 fully saturated rings. The largest absolute Gasteiger partial charge is 0.467 e. The maximum absolute atomic E-state index is 13.4. The van der Waals surface area contributed by atoms with E-state index < -0.39 is 0 Å². The highest BCUT2D eigenvalue weighted by Gasteiger charge is 2.16. The number of carbonyl (C=O) groups excluding carboxylic acids is 2. The summed E-state index contributed by atoms with van der Waals surface area (Å²) >= 11 is 1.14. The number of aryl methyl sites for hydroxylation is 1. The predicted molar refractivity (Wildman–Crippen MR) is 139 cm³/mol. The lowest BCUT2D eigenvalue weighted by molar-refractivity contribution is -0.113. The Morgan fingerprint density at radius 2 is 1.94 bits per heavy atom. The van der Waals surface area contributed by atoms with E-state index in [1.54, 1.807) is 37.4 Å². The second-order valence-electron chi connectivity index (χ2n) is 8.05. The minimum absolute atomic E-state index is 0.0428. The summed E-state index contributed by atoms with van der Waals surface area (Å²) in [4.78, 5) is 43.1. The number of nitrogens with one attached hydrogen (secondary N) is 2. The molecule has 10 heteroatoms. The number of carbonyl (C=O) groups is 2. The van der Waals surface area contributed by atoms with Crippen molar-refractivity contribution >= 4 is 40.2 Å². The summed E-state index contributed by atoms with van der Waals surface area (Å²) in [6, 6.07) is 15.8. The molecule has 0 aliphatic rings. The number of furan rings is 1. The van der Waals surface area contributed by atoms with Crippen molar-refractivity contribution in [1.82, 2.24) is 14.9 Å². The smallest absolute Gasteiger partial charge is 0.262 e. The van der Waals surface area contributed by atoms with Gasteiger partial charge in [0, 0.05) is 24.9 Å². The normalized spacial score (nSPS) is 10.9. The van der Waals surface area contributed by atoms with Gasteiger partial charge < -0.3 is 19.8 Å². The van der Waals surface area contributed by atoms with E-state index in [1.165, 1.54) is 10.8 Å². The van der Waals surface area contributed by atoms with Gasteiger partial charge >= 0.3 is 0 Å². The quantitative estimate of drug-likeness (QED) is 0.192. The Morgan fingerprint density at radius 1 is 1.14 bits per heavy atom. The molecule has 4 rings (SSSR count). The summed E-state index contributed by atoms with van der Waals surface area (Å²) in [5, 5.41) is 6.32. The Hall–Kier alpha value is -3.89. The summed E-state index contributed by atoms with van der Waals surface area (Å²) in [6.07, 6.45) is 1.53. The first-order chi connectivity index (χ1) is 17.4. The second-order valence-corrected chi connectivity index (χ2v) is 8.99. The van der Waals surface area contributed by atoms with Gasteiger partial charge in [0.25, 0.3) is 11.5 Å². The topological polar surface area (TPSA) is 115 Å². The number of aromatic nitrogens is 2. The van der Waals surface area contributed by atoms with E-state index in [0.717, 1.165) is 17.3 Å². The van der Waals surface area contributed by atoms with E-state index in [4.69, 9.17) is 9.15 Å². The van der Waals surface area contributed by atoms with Crippen molar-refractivity contribution in [1.29, 1.82) is 0 Å². The molecule has 2 heterocycles. The van der Waals surface area contributed by atoms with Gasteiger partial charge in [0.05, 0.1) is 36.1 Å². The minimum Gasteiger partial charge on any atom is -0.467 e. The van der Waals surface area contributed by atoms with E-state index >= 15 is 0 Å². The van der Waals surface area contributed by atoms with Crippen LogP contribution in [0.25, 0.3) is 10.9 Å². The Morgan fingerprint density at radius 3 is 2.67 bits per heavy atom. The molecule has 36 heavy (non-hydrogen) atoms. The molecule has 0 radical (unpaired) electrons. The van der Waals surface area contributed by atoms with Gasteiger partial charge in [-0.25, -0.2) is 4.98 Å². The fourth-order valence-corrected chi connectivity index (χ4v) is 4.28. The molecule has 0 bridgehead atoms. The summed E-state index contributed by atoms with van der Waals surface area (Å²) < 4.78 is 11.9. The molecule has 186 valence electrons. The number of anilines is 1. The second kappa shape index (κ2) is 11.7. The van der Waals surface area contributed by atoms with Crippen LogP contribution < -0.4 is 16.2 Å². The van der Waals surface area contributed by atoms with Crippen molar-refractivity contribution in [2.45, 2.75) is 18.6 Å². The first kappa shape index (κ1) is 25.2. The van der Waals surface area contributed by atoms with Gasteiger partial charge in [-0.2, -0.15) is 0 Å². The summed E-state index contributed by atoms with van der Waals surface area (Å²) in [7, 11) is 1.56. The number of hydrogen-bond donors (Lipinski definition) is 2. The maximum Gasteiger partial charge on any atom is 0.262 e. The summed E-state index contributed by atoms with van der Waals surface area (Å²) in [6.45, 7) is 2.89. The zero-order chi connectivity index (χ0) is 25.5. The zero-order valence-corrected chi connectivity index (χ0v) is 20.8. The maximum atomic E-state index is 13.4. The standard InChI is InChI=1S/C26H26N4O5S/c1-17-5-8-19(9-6-17)28-23(31)16-36-26-29-22-14-18(24(32)27-11-13-34-2)7-10-21(22)25(33)30(26)15-20-4-3-12-35-20/h3-10,12,14H,11,13,15-16H2,1-2H3,(H,27,32)(H,28,31). The molecule has 4 aromatic rings. The molecule has 0 aliphatic carbocycles. The van der Waals surface area contributed by atoms with Gasteiger partial charge in [-0.05, 0) is 49.4 Å². The highest BCUT2D eigenvalue weighted by molar-refractivity contribution is 7.99. The van der Waals surface area contributed by atoms with E-state index in [-0.39, 0.29) is 29.7 Å². The number of benzene rings is 2. The van der Waals surface area contributed by atoms with Crippen LogP contribution in [0.5, 0.6) is 0 Å². The van der Waals surface area contributed by atoms with Gasteiger partial charge in [0.15, 0.2) is 5.16 Å². The van der Waals surface area contributed by atoms with E-state index in [1.807, 2.05) is 31.2 Å². The monoisotopic (exact) mass is 506 g/mol.